The Morgan fingerprint density at radius 3 is 2.00 bits per heavy atom. The van der Waals surface area contributed by atoms with E-state index in [9.17, 15) is 18.0 Å². The number of para-hydroxylation sites is 1. The highest BCUT2D eigenvalue weighted by molar-refractivity contribution is 5.92. The van der Waals surface area contributed by atoms with Crippen LogP contribution >= 0.6 is 0 Å². The predicted molar refractivity (Wildman–Crippen MR) is 73.7 cm³/mol. The van der Waals surface area contributed by atoms with E-state index < -0.39 is 12.3 Å². The number of halogens is 3. The Morgan fingerprint density at radius 1 is 0.952 bits per heavy atom. The number of urea groups is 1. The third-order valence-corrected chi connectivity index (χ3v) is 2.75. The maximum atomic E-state index is 12.4. The quantitative estimate of drug-likeness (QED) is 0.855. The number of alkyl halides is 3. The lowest BCUT2D eigenvalue weighted by molar-refractivity contribution is -0.145. The molecule has 1 N–H and O–H groups in total. The smallest absolute Gasteiger partial charge is 0.290 e. The van der Waals surface area contributed by atoms with Gasteiger partial charge in [-0.3, -0.25) is 4.90 Å². The number of benzene rings is 2. The van der Waals surface area contributed by atoms with Crippen LogP contribution < -0.4 is 10.2 Å². The van der Waals surface area contributed by atoms with Gasteiger partial charge in [-0.15, -0.1) is 0 Å². The zero-order chi connectivity index (χ0) is 15.3. The van der Waals surface area contributed by atoms with Gasteiger partial charge < -0.3 is 0 Å². The predicted octanol–water partition coefficient (Wildman–Crippen LogP) is 3.92. The Balaban J connectivity index is 2.25. The van der Waals surface area contributed by atoms with Crippen molar-refractivity contribution in [2.75, 3.05) is 4.90 Å². The van der Waals surface area contributed by atoms with Gasteiger partial charge >= 0.3 is 12.3 Å². The highest BCUT2D eigenvalue weighted by Gasteiger charge is 2.32. The number of nitrogens with one attached hydrogen (secondary N) is 1. The van der Waals surface area contributed by atoms with E-state index in [1.807, 2.05) is 0 Å². The van der Waals surface area contributed by atoms with E-state index in [2.05, 4.69) is 0 Å². The summed E-state index contributed by atoms with van der Waals surface area (Å²) in [7, 11) is 0. The number of nitrogens with zero attached hydrogens (tertiary/aromatic N) is 1. The SMILES string of the molecule is O=C(NC(F)(F)F)N(Cc1ccccc1)c1ccccc1. The molecule has 0 heterocycles. The fourth-order valence-electron chi connectivity index (χ4n) is 1.84. The standard InChI is InChI=1S/C15H13F3N2O/c16-15(17,18)19-14(21)20(13-9-5-2-6-10-13)11-12-7-3-1-4-8-12/h1-10H,11H2,(H,19,21). The van der Waals surface area contributed by atoms with Gasteiger partial charge in [-0.1, -0.05) is 48.5 Å². The lowest BCUT2D eigenvalue weighted by Gasteiger charge is -2.24. The molecule has 0 saturated heterocycles. The summed E-state index contributed by atoms with van der Waals surface area (Å²) in [5, 5.41) is 1.02. The van der Waals surface area contributed by atoms with Crippen molar-refractivity contribution in [3.63, 3.8) is 0 Å². The molecule has 21 heavy (non-hydrogen) atoms. The fraction of sp³-hybridized carbons (Fsp3) is 0.133. The Hall–Kier alpha value is -2.50. The Kier molecular flexibility index (Phi) is 4.47. The summed E-state index contributed by atoms with van der Waals surface area (Å²) in [5.74, 6) is 0. The minimum Gasteiger partial charge on any atom is -0.290 e. The molecule has 0 aliphatic carbocycles. The van der Waals surface area contributed by atoms with Crippen molar-refractivity contribution in [2.24, 2.45) is 0 Å². The van der Waals surface area contributed by atoms with E-state index >= 15 is 0 Å². The summed E-state index contributed by atoms with van der Waals surface area (Å²) in [6.07, 6.45) is -4.76. The van der Waals surface area contributed by atoms with Gasteiger partial charge in [0, 0.05) is 5.69 Å². The molecule has 6 heteroatoms. The summed E-state index contributed by atoms with van der Waals surface area (Å²) >= 11 is 0. The molecule has 3 nitrogen and oxygen atoms in total. The highest BCUT2D eigenvalue weighted by Crippen LogP contribution is 2.19. The molecule has 2 aromatic carbocycles. The second kappa shape index (κ2) is 6.30. The van der Waals surface area contributed by atoms with Crippen molar-refractivity contribution in [1.29, 1.82) is 0 Å². The number of carbonyl (C=O) groups is 1. The van der Waals surface area contributed by atoms with Crippen LogP contribution in [0.5, 0.6) is 0 Å². The Morgan fingerprint density at radius 2 is 1.48 bits per heavy atom. The van der Waals surface area contributed by atoms with Gasteiger partial charge in [0.05, 0.1) is 6.54 Å². The van der Waals surface area contributed by atoms with Gasteiger partial charge in [0.25, 0.3) is 0 Å². The van der Waals surface area contributed by atoms with Crippen LogP contribution in [0.15, 0.2) is 60.7 Å². The van der Waals surface area contributed by atoms with E-state index in [-0.39, 0.29) is 6.54 Å². The molecule has 2 amide bonds. The molecule has 110 valence electrons. The number of carbonyl (C=O) groups excluding carboxylic acids is 1. The number of amides is 2. The van der Waals surface area contributed by atoms with Crippen molar-refractivity contribution < 1.29 is 18.0 Å². The first kappa shape index (κ1) is 14.9. The van der Waals surface area contributed by atoms with E-state index in [0.717, 1.165) is 15.8 Å². The van der Waals surface area contributed by atoms with Crippen LogP contribution in [-0.4, -0.2) is 12.3 Å². The first-order valence-electron chi connectivity index (χ1n) is 6.21. The van der Waals surface area contributed by atoms with Crippen molar-refractivity contribution in [3.8, 4) is 0 Å². The minimum absolute atomic E-state index is 0.0484. The maximum Gasteiger partial charge on any atom is 0.485 e. The lowest BCUT2D eigenvalue weighted by atomic mass is 10.2. The van der Waals surface area contributed by atoms with Crippen LogP contribution in [0.2, 0.25) is 0 Å². The Bertz CT molecular complexity index is 585. The van der Waals surface area contributed by atoms with Gasteiger partial charge in [-0.25, -0.2) is 10.1 Å². The summed E-state index contributed by atoms with van der Waals surface area (Å²) in [5.41, 5.74) is 1.13. The second-order valence-corrected chi connectivity index (χ2v) is 4.34. The number of hydrogen-bond donors (Lipinski definition) is 1. The third-order valence-electron chi connectivity index (χ3n) is 2.75. The maximum absolute atomic E-state index is 12.4. The highest BCUT2D eigenvalue weighted by atomic mass is 19.4. The molecule has 0 aliphatic heterocycles. The summed E-state index contributed by atoms with van der Waals surface area (Å²) < 4.78 is 37.1. The van der Waals surface area contributed by atoms with Gasteiger partial charge in [-0.2, -0.15) is 13.2 Å². The second-order valence-electron chi connectivity index (χ2n) is 4.34. The molecule has 0 saturated carbocycles. The van der Waals surface area contributed by atoms with E-state index in [4.69, 9.17) is 0 Å². The molecule has 2 rings (SSSR count). The van der Waals surface area contributed by atoms with Crippen molar-refractivity contribution in [3.05, 3.63) is 66.2 Å². The van der Waals surface area contributed by atoms with Crippen LogP contribution in [0, 0.1) is 0 Å². The third kappa shape index (κ3) is 4.52. The average molecular weight is 294 g/mol. The first-order chi connectivity index (χ1) is 9.96. The molecule has 0 aliphatic rings. The zero-order valence-corrected chi connectivity index (χ0v) is 11.0. The summed E-state index contributed by atoms with van der Waals surface area (Å²) in [4.78, 5) is 12.9. The molecular weight excluding hydrogens is 281 g/mol. The number of hydrogen-bond acceptors (Lipinski definition) is 1. The molecule has 0 radical (unpaired) electrons. The van der Waals surface area contributed by atoms with E-state index in [1.54, 1.807) is 60.7 Å². The van der Waals surface area contributed by atoms with Crippen LogP contribution in [0.1, 0.15) is 5.56 Å². The van der Waals surface area contributed by atoms with Gasteiger partial charge in [0.15, 0.2) is 0 Å². The average Bonchev–Trinajstić information content (AvgIpc) is 2.45. The van der Waals surface area contributed by atoms with Crippen molar-refractivity contribution in [2.45, 2.75) is 12.8 Å². The lowest BCUT2D eigenvalue weighted by Crippen LogP contribution is -2.46. The number of anilines is 1. The molecular formula is C15H13F3N2O. The molecule has 0 aromatic heterocycles. The van der Waals surface area contributed by atoms with Crippen LogP contribution in [0.3, 0.4) is 0 Å². The molecule has 0 atom stereocenters. The van der Waals surface area contributed by atoms with Crippen LogP contribution in [0.25, 0.3) is 0 Å². The van der Waals surface area contributed by atoms with Crippen LogP contribution in [-0.2, 0) is 6.54 Å². The molecule has 0 bridgehead atoms. The molecule has 0 fully saturated rings. The van der Waals surface area contributed by atoms with Gasteiger partial charge in [-0.05, 0) is 17.7 Å². The molecule has 2 aromatic rings. The number of rotatable bonds is 3. The largest absolute Gasteiger partial charge is 0.485 e. The normalized spacial score (nSPS) is 11.0. The van der Waals surface area contributed by atoms with Crippen molar-refractivity contribution >= 4 is 11.7 Å². The first-order valence-corrected chi connectivity index (χ1v) is 6.21. The summed E-state index contributed by atoms with van der Waals surface area (Å²) in [6.45, 7) is 0.0484. The fourth-order valence-corrected chi connectivity index (χ4v) is 1.84. The monoisotopic (exact) mass is 294 g/mol. The molecule has 0 spiro atoms. The van der Waals surface area contributed by atoms with Gasteiger partial charge in [0.2, 0.25) is 0 Å². The van der Waals surface area contributed by atoms with Gasteiger partial charge in [0.1, 0.15) is 0 Å². The van der Waals surface area contributed by atoms with E-state index in [0.29, 0.717) is 5.69 Å². The minimum atomic E-state index is -4.76. The van der Waals surface area contributed by atoms with E-state index in [1.165, 1.54) is 0 Å². The molecule has 0 unspecified atom stereocenters. The zero-order valence-electron chi connectivity index (χ0n) is 11.0. The van der Waals surface area contributed by atoms with Crippen LogP contribution in [0.4, 0.5) is 23.7 Å². The Labute approximate surface area is 120 Å². The topological polar surface area (TPSA) is 32.3 Å². The van der Waals surface area contributed by atoms with Crippen molar-refractivity contribution in [1.82, 2.24) is 5.32 Å². The summed E-state index contributed by atoms with van der Waals surface area (Å²) in [6, 6.07) is 15.8.